The molecule has 2 aliphatic carbocycles. The Morgan fingerprint density at radius 2 is 2.14 bits per heavy atom. The summed E-state index contributed by atoms with van der Waals surface area (Å²) in [6.07, 6.45) is 4.79. The Morgan fingerprint density at radius 1 is 1.43 bits per heavy atom. The molecule has 0 aromatic carbocycles. The lowest BCUT2D eigenvalue weighted by Gasteiger charge is -2.47. The Balaban J connectivity index is 1.88. The molecule has 0 aromatic rings. The van der Waals surface area contributed by atoms with Crippen LogP contribution in [0.3, 0.4) is 0 Å². The summed E-state index contributed by atoms with van der Waals surface area (Å²) in [6.45, 7) is 3.43. The van der Waals surface area contributed by atoms with Gasteiger partial charge in [0.2, 0.25) is 5.91 Å². The molecular formula is C11H13NO2. The van der Waals surface area contributed by atoms with Crippen molar-refractivity contribution in [1.82, 2.24) is 4.90 Å². The highest BCUT2D eigenvalue weighted by Crippen LogP contribution is 2.56. The van der Waals surface area contributed by atoms with Crippen molar-refractivity contribution < 1.29 is 9.59 Å². The van der Waals surface area contributed by atoms with Crippen LogP contribution in [0.2, 0.25) is 0 Å². The van der Waals surface area contributed by atoms with Crippen LogP contribution in [0.25, 0.3) is 0 Å². The van der Waals surface area contributed by atoms with Gasteiger partial charge in [0.25, 0.3) is 5.91 Å². The zero-order chi connectivity index (χ0) is 9.87. The molecule has 0 radical (unpaired) electrons. The minimum atomic E-state index is -0.205. The molecule has 1 aliphatic heterocycles. The minimum Gasteiger partial charge on any atom is -0.275 e. The van der Waals surface area contributed by atoms with E-state index in [-0.39, 0.29) is 23.8 Å². The van der Waals surface area contributed by atoms with Crippen LogP contribution in [0.15, 0.2) is 12.7 Å². The van der Waals surface area contributed by atoms with Gasteiger partial charge in [-0.2, -0.15) is 0 Å². The molecule has 0 N–H and O–H groups in total. The number of hydrogen-bond acceptors (Lipinski definition) is 2. The number of likely N-dealkylation sites (tertiary alicyclic amines) is 1. The number of rotatable bonds is 1. The second kappa shape index (κ2) is 2.47. The molecule has 74 valence electrons. The number of amides is 2. The molecule has 2 bridgehead atoms. The molecular weight excluding hydrogens is 178 g/mol. The van der Waals surface area contributed by atoms with Gasteiger partial charge < -0.3 is 0 Å². The molecule has 3 fully saturated rings. The highest BCUT2D eigenvalue weighted by atomic mass is 16.2. The molecule has 2 saturated carbocycles. The van der Waals surface area contributed by atoms with Crippen molar-refractivity contribution in [3.8, 4) is 0 Å². The van der Waals surface area contributed by atoms with Crippen molar-refractivity contribution in [2.75, 3.05) is 0 Å². The maximum atomic E-state index is 11.7. The number of carbonyl (C=O) groups is 2. The summed E-state index contributed by atoms with van der Waals surface area (Å²) in [6, 6.07) is 0.228. The zero-order valence-corrected chi connectivity index (χ0v) is 7.98. The van der Waals surface area contributed by atoms with Crippen LogP contribution in [0.4, 0.5) is 0 Å². The van der Waals surface area contributed by atoms with E-state index >= 15 is 0 Å². The molecule has 3 rings (SSSR count). The normalized spacial score (nSPS) is 43.4. The lowest BCUT2D eigenvalue weighted by Crippen LogP contribution is -2.64. The van der Waals surface area contributed by atoms with Crippen LogP contribution in [0.1, 0.15) is 19.3 Å². The van der Waals surface area contributed by atoms with E-state index in [2.05, 4.69) is 6.58 Å². The Bertz CT molecular complexity index is 336. The van der Waals surface area contributed by atoms with Gasteiger partial charge in [-0.25, -0.2) is 0 Å². The number of carbonyl (C=O) groups excluding carboxylic acids is 2. The van der Waals surface area contributed by atoms with Crippen molar-refractivity contribution in [2.24, 2.45) is 17.8 Å². The molecule has 0 spiro atoms. The second-order valence-corrected chi connectivity index (χ2v) is 4.60. The number of hydrogen-bond donors (Lipinski definition) is 0. The van der Waals surface area contributed by atoms with Crippen LogP contribution in [-0.2, 0) is 9.59 Å². The zero-order valence-electron chi connectivity index (χ0n) is 7.98. The van der Waals surface area contributed by atoms with Crippen LogP contribution >= 0.6 is 0 Å². The lowest BCUT2D eigenvalue weighted by atomic mass is 9.76. The lowest BCUT2D eigenvalue weighted by molar-refractivity contribution is -0.167. The first-order valence-electron chi connectivity index (χ1n) is 5.23. The quantitative estimate of drug-likeness (QED) is 0.457. The largest absolute Gasteiger partial charge is 0.275 e. The van der Waals surface area contributed by atoms with Gasteiger partial charge in [0, 0.05) is 0 Å². The van der Waals surface area contributed by atoms with E-state index in [9.17, 15) is 9.59 Å². The summed E-state index contributed by atoms with van der Waals surface area (Å²) < 4.78 is 0. The average Bonchev–Trinajstić information content (AvgIpc) is 2.73. The van der Waals surface area contributed by atoms with Crippen molar-refractivity contribution in [3.63, 3.8) is 0 Å². The monoisotopic (exact) mass is 191 g/mol. The van der Waals surface area contributed by atoms with E-state index in [1.807, 2.05) is 0 Å². The molecule has 3 heteroatoms. The summed E-state index contributed by atoms with van der Waals surface area (Å²) in [7, 11) is 0. The van der Waals surface area contributed by atoms with Crippen molar-refractivity contribution in [2.45, 2.75) is 25.3 Å². The van der Waals surface area contributed by atoms with Crippen molar-refractivity contribution in [1.29, 1.82) is 0 Å². The summed E-state index contributed by atoms with van der Waals surface area (Å²) in [5.41, 5.74) is 0. The van der Waals surface area contributed by atoms with E-state index in [0.717, 1.165) is 6.42 Å². The summed E-state index contributed by atoms with van der Waals surface area (Å²) in [5.74, 6) is 1.19. The topological polar surface area (TPSA) is 37.4 Å². The molecule has 1 saturated heterocycles. The number of imide groups is 1. The molecule has 3 nitrogen and oxygen atoms in total. The van der Waals surface area contributed by atoms with Crippen LogP contribution in [0.5, 0.6) is 0 Å². The maximum Gasteiger partial charge on any atom is 0.252 e. The van der Waals surface area contributed by atoms with Gasteiger partial charge in [0.15, 0.2) is 0 Å². The van der Waals surface area contributed by atoms with Crippen LogP contribution < -0.4 is 0 Å². The SMILES string of the molecule is C=CC(=O)N1C(=O)C2C3CCC(C3)C21. The molecule has 4 atom stereocenters. The Morgan fingerprint density at radius 3 is 2.86 bits per heavy atom. The Kier molecular flexibility index (Phi) is 1.45. The fourth-order valence-electron chi connectivity index (χ4n) is 3.56. The second-order valence-electron chi connectivity index (χ2n) is 4.60. The smallest absolute Gasteiger partial charge is 0.252 e. The summed E-state index contributed by atoms with van der Waals surface area (Å²) in [5, 5.41) is 0. The van der Waals surface area contributed by atoms with E-state index in [0.29, 0.717) is 11.8 Å². The maximum absolute atomic E-state index is 11.7. The number of β-lactam (4-membered cyclic amide) rings is 1. The van der Waals surface area contributed by atoms with Crippen LogP contribution in [0, 0.1) is 17.8 Å². The standard InChI is InChI=1S/C11H13NO2/c1-2-8(13)12-10-7-4-3-6(5-7)9(10)11(12)14/h2,6-7,9-10H,1,3-5H2. The highest BCUT2D eigenvalue weighted by molar-refractivity contribution is 6.06. The number of nitrogens with zero attached hydrogens (tertiary/aromatic N) is 1. The minimum absolute atomic E-state index is 0.0482. The average molecular weight is 191 g/mol. The molecule has 2 amide bonds. The predicted molar refractivity (Wildman–Crippen MR) is 50.2 cm³/mol. The Hall–Kier alpha value is -1.12. The third-order valence-electron chi connectivity index (χ3n) is 4.11. The van der Waals surface area contributed by atoms with E-state index in [1.54, 1.807) is 0 Å². The number of fused-ring (bicyclic) bond motifs is 5. The van der Waals surface area contributed by atoms with Crippen molar-refractivity contribution in [3.05, 3.63) is 12.7 Å². The molecule has 1 heterocycles. The highest BCUT2D eigenvalue weighted by Gasteiger charge is 2.63. The van der Waals surface area contributed by atoms with Gasteiger partial charge in [0.05, 0.1) is 12.0 Å². The van der Waals surface area contributed by atoms with Gasteiger partial charge in [-0.1, -0.05) is 6.58 Å². The fraction of sp³-hybridized carbons (Fsp3) is 0.636. The Labute approximate surface area is 82.8 Å². The van der Waals surface area contributed by atoms with Crippen LogP contribution in [-0.4, -0.2) is 22.8 Å². The van der Waals surface area contributed by atoms with Gasteiger partial charge >= 0.3 is 0 Å². The first-order valence-corrected chi connectivity index (χ1v) is 5.23. The van der Waals surface area contributed by atoms with Gasteiger partial charge in [-0.15, -0.1) is 0 Å². The molecule has 3 aliphatic rings. The molecule has 4 unspecified atom stereocenters. The van der Waals surface area contributed by atoms with Gasteiger partial charge in [0.1, 0.15) is 0 Å². The van der Waals surface area contributed by atoms with Gasteiger partial charge in [-0.05, 0) is 37.2 Å². The summed E-state index contributed by atoms with van der Waals surface area (Å²) in [4.78, 5) is 24.5. The molecule has 0 aromatic heterocycles. The predicted octanol–water partition coefficient (Wildman–Crippen LogP) is 0.956. The van der Waals surface area contributed by atoms with Gasteiger partial charge in [-0.3, -0.25) is 14.5 Å². The first kappa shape index (κ1) is 8.21. The van der Waals surface area contributed by atoms with E-state index < -0.39 is 0 Å². The first-order chi connectivity index (χ1) is 6.74. The van der Waals surface area contributed by atoms with E-state index in [4.69, 9.17) is 0 Å². The summed E-state index contributed by atoms with van der Waals surface area (Å²) >= 11 is 0. The third-order valence-corrected chi connectivity index (χ3v) is 4.11. The fourth-order valence-corrected chi connectivity index (χ4v) is 3.56. The van der Waals surface area contributed by atoms with E-state index in [1.165, 1.54) is 23.8 Å². The van der Waals surface area contributed by atoms with Crippen molar-refractivity contribution >= 4 is 11.8 Å². The molecule has 14 heavy (non-hydrogen) atoms. The third kappa shape index (κ3) is 0.740.